The summed E-state index contributed by atoms with van der Waals surface area (Å²) < 4.78 is 0. The van der Waals surface area contributed by atoms with Crippen LogP contribution in [0.1, 0.15) is 32.8 Å². The summed E-state index contributed by atoms with van der Waals surface area (Å²) in [5.41, 5.74) is 2.84. The van der Waals surface area contributed by atoms with Gasteiger partial charge in [-0.2, -0.15) is 0 Å². The van der Waals surface area contributed by atoms with Gasteiger partial charge in [0.1, 0.15) is 0 Å². The second-order valence-corrected chi connectivity index (χ2v) is 7.20. The maximum absolute atomic E-state index is 6.21. The molecule has 0 radical (unpaired) electrons. The molecule has 2 rings (SSSR count). The summed E-state index contributed by atoms with van der Waals surface area (Å²) >= 11 is 6.21. The highest BCUT2D eigenvalue weighted by molar-refractivity contribution is 6.30. The highest BCUT2D eigenvalue weighted by Crippen LogP contribution is 2.35. The van der Waals surface area contributed by atoms with Crippen molar-refractivity contribution in [1.82, 2.24) is 4.90 Å². The van der Waals surface area contributed by atoms with Crippen LogP contribution in [0, 0.1) is 0 Å². The third-order valence-corrected chi connectivity index (χ3v) is 4.24. The molecule has 3 heteroatoms. The van der Waals surface area contributed by atoms with E-state index < -0.39 is 0 Å². The normalized spacial score (nSPS) is 20.4. The minimum absolute atomic E-state index is 0.149. The van der Waals surface area contributed by atoms with Crippen molar-refractivity contribution in [2.75, 3.05) is 32.1 Å². The molecule has 1 heterocycles. The molecule has 106 valence electrons. The fourth-order valence-electron chi connectivity index (χ4n) is 2.78. The van der Waals surface area contributed by atoms with Crippen LogP contribution in [0.2, 0.25) is 5.02 Å². The van der Waals surface area contributed by atoms with Gasteiger partial charge in [-0.1, -0.05) is 38.4 Å². The Balaban J connectivity index is 2.32. The van der Waals surface area contributed by atoms with E-state index in [1.54, 1.807) is 0 Å². The average molecular weight is 281 g/mol. The lowest BCUT2D eigenvalue weighted by molar-refractivity contribution is 0.315. The zero-order chi connectivity index (χ0) is 14.2. The van der Waals surface area contributed by atoms with E-state index in [1.165, 1.54) is 17.7 Å². The molecule has 0 aliphatic carbocycles. The van der Waals surface area contributed by atoms with E-state index in [4.69, 9.17) is 11.6 Å². The summed E-state index contributed by atoms with van der Waals surface area (Å²) in [6.07, 6.45) is 1.23. The molecule has 1 aromatic carbocycles. The van der Waals surface area contributed by atoms with E-state index in [1.807, 2.05) is 6.07 Å². The zero-order valence-electron chi connectivity index (χ0n) is 12.7. The summed E-state index contributed by atoms with van der Waals surface area (Å²) in [5.74, 6) is 0. The smallest absolute Gasteiger partial charge is 0.0426 e. The Kier molecular flexibility index (Phi) is 4.12. The van der Waals surface area contributed by atoms with Crippen LogP contribution >= 0.6 is 11.6 Å². The van der Waals surface area contributed by atoms with E-state index in [-0.39, 0.29) is 5.41 Å². The molecule has 1 fully saturated rings. The van der Waals surface area contributed by atoms with Crippen LogP contribution in [0.3, 0.4) is 0 Å². The Morgan fingerprint density at radius 3 is 2.47 bits per heavy atom. The zero-order valence-corrected chi connectivity index (χ0v) is 13.5. The first-order valence-corrected chi connectivity index (χ1v) is 7.38. The first-order chi connectivity index (χ1) is 8.79. The Bertz CT molecular complexity index is 449. The third-order valence-electron chi connectivity index (χ3n) is 4.00. The number of hydrogen-bond acceptors (Lipinski definition) is 2. The van der Waals surface area contributed by atoms with Gasteiger partial charge in [0.25, 0.3) is 0 Å². The Morgan fingerprint density at radius 1 is 1.26 bits per heavy atom. The minimum atomic E-state index is 0.149. The highest BCUT2D eigenvalue weighted by Gasteiger charge is 2.28. The van der Waals surface area contributed by atoms with E-state index in [9.17, 15) is 0 Å². The summed E-state index contributed by atoms with van der Waals surface area (Å²) in [7, 11) is 4.33. The van der Waals surface area contributed by atoms with Gasteiger partial charge in [0, 0.05) is 29.8 Å². The van der Waals surface area contributed by atoms with Gasteiger partial charge in [-0.05, 0) is 43.6 Å². The Hall–Kier alpha value is -0.730. The largest absolute Gasteiger partial charge is 0.370 e. The molecule has 0 saturated carbocycles. The van der Waals surface area contributed by atoms with Gasteiger partial charge in [-0.3, -0.25) is 0 Å². The van der Waals surface area contributed by atoms with Crippen LogP contribution in [-0.4, -0.2) is 38.1 Å². The topological polar surface area (TPSA) is 6.48 Å². The molecular formula is C16H25ClN2. The second-order valence-electron chi connectivity index (χ2n) is 6.76. The maximum Gasteiger partial charge on any atom is 0.0426 e. The first-order valence-electron chi connectivity index (χ1n) is 7.00. The fraction of sp³-hybridized carbons (Fsp3) is 0.625. The molecule has 1 aliphatic heterocycles. The molecule has 19 heavy (non-hydrogen) atoms. The minimum Gasteiger partial charge on any atom is -0.370 e. The van der Waals surface area contributed by atoms with E-state index in [2.05, 4.69) is 56.8 Å². The monoisotopic (exact) mass is 280 g/mol. The Morgan fingerprint density at radius 2 is 1.95 bits per heavy atom. The van der Waals surface area contributed by atoms with Crippen LogP contribution in [0.5, 0.6) is 0 Å². The number of anilines is 1. The van der Waals surface area contributed by atoms with Crippen molar-refractivity contribution >= 4 is 17.3 Å². The molecule has 1 aromatic rings. The SMILES string of the molecule is CN(C)[C@H]1CCN(c2cc(Cl)ccc2C(C)(C)C)C1. The lowest BCUT2D eigenvalue weighted by Crippen LogP contribution is -2.32. The number of nitrogens with zero attached hydrogens (tertiary/aromatic N) is 2. The molecule has 1 atom stereocenters. The molecular weight excluding hydrogens is 256 g/mol. The lowest BCUT2D eigenvalue weighted by atomic mass is 9.85. The van der Waals surface area contributed by atoms with Crippen molar-refractivity contribution in [2.24, 2.45) is 0 Å². The van der Waals surface area contributed by atoms with Crippen LogP contribution in [0.4, 0.5) is 5.69 Å². The van der Waals surface area contributed by atoms with Crippen LogP contribution in [0.15, 0.2) is 18.2 Å². The van der Waals surface area contributed by atoms with Gasteiger partial charge in [0.05, 0.1) is 0 Å². The van der Waals surface area contributed by atoms with Crippen molar-refractivity contribution in [1.29, 1.82) is 0 Å². The van der Waals surface area contributed by atoms with Gasteiger partial charge in [0.2, 0.25) is 0 Å². The summed E-state index contributed by atoms with van der Waals surface area (Å²) in [4.78, 5) is 4.80. The number of rotatable bonds is 2. The predicted octanol–water partition coefficient (Wildman–Crippen LogP) is 3.78. The average Bonchev–Trinajstić information content (AvgIpc) is 2.76. The van der Waals surface area contributed by atoms with Gasteiger partial charge in [-0.25, -0.2) is 0 Å². The molecule has 1 saturated heterocycles. The molecule has 0 unspecified atom stereocenters. The van der Waals surface area contributed by atoms with E-state index in [0.29, 0.717) is 6.04 Å². The lowest BCUT2D eigenvalue weighted by Gasteiger charge is -2.29. The van der Waals surface area contributed by atoms with Gasteiger partial charge in [-0.15, -0.1) is 0 Å². The molecule has 0 amide bonds. The van der Waals surface area contributed by atoms with Crippen LogP contribution in [0.25, 0.3) is 0 Å². The molecule has 2 nitrogen and oxygen atoms in total. The van der Waals surface area contributed by atoms with E-state index in [0.717, 1.165) is 18.1 Å². The first kappa shape index (κ1) is 14.7. The highest BCUT2D eigenvalue weighted by atomic mass is 35.5. The van der Waals surface area contributed by atoms with Crippen molar-refractivity contribution < 1.29 is 0 Å². The molecule has 0 spiro atoms. The van der Waals surface area contributed by atoms with Gasteiger partial charge >= 0.3 is 0 Å². The summed E-state index contributed by atoms with van der Waals surface area (Å²) in [6.45, 7) is 9.00. The number of likely N-dealkylation sites (N-methyl/N-ethyl adjacent to an activating group) is 1. The number of halogens is 1. The molecule has 1 aliphatic rings. The summed E-state index contributed by atoms with van der Waals surface area (Å²) in [5, 5.41) is 0.830. The Labute approximate surface area is 122 Å². The third kappa shape index (κ3) is 3.24. The van der Waals surface area contributed by atoms with Crippen molar-refractivity contribution in [3.63, 3.8) is 0 Å². The van der Waals surface area contributed by atoms with Crippen molar-refractivity contribution in [2.45, 2.75) is 38.6 Å². The quantitative estimate of drug-likeness (QED) is 0.813. The molecule has 0 N–H and O–H groups in total. The standard InChI is InChI=1S/C16H25ClN2/c1-16(2,3)14-7-6-12(17)10-15(14)19-9-8-13(11-19)18(4)5/h6-7,10,13H,8-9,11H2,1-5H3/t13-/m0/s1. The maximum atomic E-state index is 6.21. The van der Waals surface area contributed by atoms with Crippen LogP contribution in [-0.2, 0) is 5.41 Å². The van der Waals surface area contributed by atoms with Crippen LogP contribution < -0.4 is 4.90 Å². The van der Waals surface area contributed by atoms with Gasteiger partial charge in [0.15, 0.2) is 0 Å². The van der Waals surface area contributed by atoms with Gasteiger partial charge < -0.3 is 9.80 Å². The van der Waals surface area contributed by atoms with Crippen molar-refractivity contribution in [3.05, 3.63) is 28.8 Å². The number of benzene rings is 1. The fourth-order valence-corrected chi connectivity index (χ4v) is 2.95. The predicted molar refractivity (Wildman–Crippen MR) is 84.5 cm³/mol. The van der Waals surface area contributed by atoms with E-state index >= 15 is 0 Å². The summed E-state index contributed by atoms with van der Waals surface area (Å²) in [6, 6.07) is 6.96. The molecule has 0 bridgehead atoms. The number of hydrogen-bond donors (Lipinski definition) is 0. The molecule has 0 aromatic heterocycles. The second kappa shape index (κ2) is 5.34. The van der Waals surface area contributed by atoms with Crippen molar-refractivity contribution in [3.8, 4) is 0 Å².